The standard InChI is InChI=1S/C20H13F4N5O3/c1-2-10-3-11(7-25)5-13(4-10)32-16-15(18(23)24)26-9-29(20(16)31)8-12-6-14(17(21)22)27-28-19(12)30/h2-6,9,17-18H,1,8H2,(H,28,30). The van der Waals surface area contributed by atoms with Crippen LogP contribution in [-0.2, 0) is 6.54 Å². The minimum absolute atomic E-state index is 0.0979. The fourth-order valence-corrected chi connectivity index (χ4v) is 2.70. The molecule has 0 atom stereocenters. The van der Waals surface area contributed by atoms with E-state index in [2.05, 4.69) is 16.7 Å². The van der Waals surface area contributed by atoms with E-state index in [-0.39, 0.29) is 16.9 Å². The quantitative estimate of drug-likeness (QED) is 0.554. The number of nitriles is 1. The smallest absolute Gasteiger partial charge is 0.297 e. The minimum atomic E-state index is -3.18. The maximum atomic E-state index is 13.5. The molecule has 0 saturated heterocycles. The Morgan fingerprint density at radius 1 is 1.19 bits per heavy atom. The van der Waals surface area contributed by atoms with Crippen LogP contribution in [0.25, 0.3) is 6.08 Å². The molecule has 2 heterocycles. The van der Waals surface area contributed by atoms with Gasteiger partial charge in [-0.25, -0.2) is 27.6 Å². The van der Waals surface area contributed by atoms with Crippen molar-refractivity contribution in [1.29, 1.82) is 5.26 Å². The SMILES string of the molecule is C=Cc1cc(C#N)cc(Oc2c(C(F)F)ncn(Cc3cc(C(F)F)n[nH]c3=O)c2=O)c1. The number of hydrogen-bond acceptors (Lipinski definition) is 6. The molecule has 0 radical (unpaired) electrons. The Morgan fingerprint density at radius 2 is 1.94 bits per heavy atom. The molecule has 3 rings (SSSR count). The van der Waals surface area contributed by atoms with Gasteiger partial charge in [-0.3, -0.25) is 14.2 Å². The highest BCUT2D eigenvalue weighted by Crippen LogP contribution is 2.29. The fraction of sp³-hybridized carbons (Fsp3) is 0.150. The van der Waals surface area contributed by atoms with Crippen LogP contribution < -0.4 is 15.9 Å². The van der Waals surface area contributed by atoms with Gasteiger partial charge in [0.05, 0.1) is 24.5 Å². The molecule has 1 aromatic carbocycles. The summed E-state index contributed by atoms with van der Waals surface area (Å²) in [6.45, 7) is 3.00. The number of aromatic nitrogens is 4. The molecule has 8 nitrogen and oxygen atoms in total. The second-order valence-electron chi connectivity index (χ2n) is 6.35. The lowest BCUT2D eigenvalue weighted by Gasteiger charge is -2.13. The van der Waals surface area contributed by atoms with Crippen molar-refractivity contribution in [3.8, 4) is 17.6 Å². The summed E-state index contributed by atoms with van der Waals surface area (Å²) in [6.07, 6.45) is -4.02. The number of rotatable bonds is 7. The van der Waals surface area contributed by atoms with Crippen LogP contribution in [-0.4, -0.2) is 19.7 Å². The summed E-state index contributed by atoms with van der Waals surface area (Å²) in [5, 5.41) is 14.2. The van der Waals surface area contributed by atoms with Gasteiger partial charge in [0.1, 0.15) is 11.4 Å². The first kappa shape index (κ1) is 22.4. The zero-order valence-electron chi connectivity index (χ0n) is 16.1. The van der Waals surface area contributed by atoms with Crippen LogP contribution in [0.2, 0.25) is 0 Å². The molecule has 0 unspecified atom stereocenters. The number of nitrogens with one attached hydrogen (secondary N) is 1. The lowest BCUT2D eigenvalue weighted by atomic mass is 10.1. The summed E-state index contributed by atoms with van der Waals surface area (Å²) in [7, 11) is 0. The van der Waals surface area contributed by atoms with E-state index < -0.39 is 47.7 Å². The van der Waals surface area contributed by atoms with Crippen molar-refractivity contribution in [3.63, 3.8) is 0 Å². The topological polar surface area (TPSA) is 114 Å². The molecule has 0 aliphatic carbocycles. The average molecular weight is 447 g/mol. The first-order valence-electron chi connectivity index (χ1n) is 8.83. The van der Waals surface area contributed by atoms with E-state index in [9.17, 15) is 27.2 Å². The second kappa shape index (κ2) is 9.25. The molecule has 164 valence electrons. The summed E-state index contributed by atoms with van der Waals surface area (Å²) in [6, 6.07) is 6.71. The molecular formula is C20H13F4N5O3. The van der Waals surface area contributed by atoms with E-state index in [1.54, 1.807) is 0 Å². The molecule has 1 N–H and O–H groups in total. The molecule has 32 heavy (non-hydrogen) atoms. The van der Waals surface area contributed by atoms with Crippen molar-refractivity contribution in [2.24, 2.45) is 0 Å². The highest BCUT2D eigenvalue weighted by atomic mass is 19.3. The predicted octanol–water partition coefficient (Wildman–Crippen LogP) is 3.56. The van der Waals surface area contributed by atoms with Crippen molar-refractivity contribution < 1.29 is 22.3 Å². The van der Waals surface area contributed by atoms with E-state index in [0.29, 0.717) is 5.56 Å². The molecule has 0 bridgehead atoms. The Bertz CT molecular complexity index is 1330. The normalized spacial score (nSPS) is 10.9. The number of hydrogen-bond donors (Lipinski definition) is 1. The van der Waals surface area contributed by atoms with E-state index in [0.717, 1.165) is 17.0 Å². The van der Waals surface area contributed by atoms with Crippen LogP contribution in [0.4, 0.5) is 17.6 Å². The molecule has 0 spiro atoms. The lowest BCUT2D eigenvalue weighted by Crippen LogP contribution is -2.27. The van der Waals surface area contributed by atoms with Crippen molar-refractivity contribution in [1.82, 2.24) is 19.7 Å². The monoisotopic (exact) mass is 447 g/mol. The molecular weight excluding hydrogens is 434 g/mol. The Balaban J connectivity index is 2.08. The highest BCUT2D eigenvalue weighted by Gasteiger charge is 2.23. The number of ether oxygens (including phenoxy) is 1. The van der Waals surface area contributed by atoms with Gasteiger partial charge in [0.15, 0.2) is 5.69 Å². The summed E-state index contributed by atoms with van der Waals surface area (Å²) >= 11 is 0. The molecule has 0 aliphatic rings. The molecule has 12 heteroatoms. The minimum Gasteiger partial charge on any atom is -0.449 e. The third-order valence-electron chi connectivity index (χ3n) is 4.21. The maximum absolute atomic E-state index is 13.5. The number of H-pyrrole nitrogens is 1. The molecule has 3 aromatic rings. The highest BCUT2D eigenvalue weighted by molar-refractivity contribution is 5.54. The average Bonchev–Trinajstić information content (AvgIpc) is 2.77. The van der Waals surface area contributed by atoms with Crippen molar-refractivity contribution in [2.45, 2.75) is 19.4 Å². The van der Waals surface area contributed by atoms with E-state index >= 15 is 0 Å². The van der Waals surface area contributed by atoms with Gasteiger partial charge in [0.2, 0.25) is 5.75 Å². The first-order valence-corrected chi connectivity index (χ1v) is 8.83. The number of nitrogens with zero attached hydrogens (tertiary/aromatic N) is 4. The van der Waals surface area contributed by atoms with Crippen LogP contribution in [0.5, 0.6) is 11.5 Å². The maximum Gasteiger partial charge on any atom is 0.297 e. The Hall–Kier alpha value is -4.27. The number of halogens is 4. The van der Waals surface area contributed by atoms with E-state index in [1.807, 2.05) is 11.2 Å². The molecule has 0 aliphatic heterocycles. The van der Waals surface area contributed by atoms with Gasteiger partial charge in [0, 0.05) is 5.56 Å². The summed E-state index contributed by atoms with van der Waals surface area (Å²) in [5.41, 5.74) is -3.34. The van der Waals surface area contributed by atoms with E-state index in [4.69, 9.17) is 10.00 Å². The predicted molar refractivity (Wildman–Crippen MR) is 104 cm³/mol. The summed E-state index contributed by atoms with van der Waals surface area (Å²) in [5.74, 6) is -0.939. The van der Waals surface area contributed by atoms with Gasteiger partial charge in [-0.05, 0) is 29.8 Å². The van der Waals surface area contributed by atoms with Crippen LogP contribution in [0.3, 0.4) is 0 Å². The zero-order valence-corrected chi connectivity index (χ0v) is 16.1. The van der Waals surface area contributed by atoms with Crippen LogP contribution in [0.15, 0.2) is 46.8 Å². The fourth-order valence-electron chi connectivity index (χ4n) is 2.70. The Kier molecular flexibility index (Phi) is 6.48. The van der Waals surface area contributed by atoms with Crippen LogP contribution in [0, 0.1) is 11.3 Å². The van der Waals surface area contributed by atoms with Crippen LogP contribution >= 0.6 is 0 Å². The van der Waals surface area contributed by atoms with Gasteiger partial charge in [-0.15, -0.1) is 0 Å². The Morgan fingerprint density at radius 3 is 2.56 bits per heavy atom. The molecule has 0 amide bonds. The van der Waals surface area contributed by atoms with Crippen molar-refractivity contribution in [3.05, 3.63) is 86.0 Å². The largest absolute Gasteiger partial charge is 0.449 e. The molecule has 0 fully saturated rings. The van der Waals surface area contributed by atoms with Gasteiger partial charge in [0.25, 0.3) is 24.0 Å². The molecule has 2 aromatic heterocycles. The van der Waals surface area contributed by atoms with Gasteiger partial charge >= 0.3 is 0 Å². The first-order chi connectivity index (χ1) is 15.2. The van der Waals surface area contributed by atoms with Gasteiger partial charge in [-0.2, -0.15) is 10.4 Å². The summed E-state index contributed by atoms with van der Waals surface area (Å²) < 4.78 is 58.8. The summed E-state index contributed by atoms with van der Waals surface area (Å²) in [4.78, 5) is 28.3. The van der Waals surface area contributed by atoms with Gasteiger partial charge < -0.3 is 4.74 Å². The third kappa shape index (κ3) is 4.72. The van der Waals surface area contributed by atoms with Crippen LogP contribution in [0.1, 0.15) is 40.9 Å². The number of alkyl halides is 4. The number of benzene rings is 1. The second-order valence-corrected chi connectivity index (χ2v) is 6.35. The lowest BCUT2D eigenvalue weighted by molar-refractivity contribution is 0.141. The third-order valence-corrected chi connectivity index (χ3v) is 4.21. The van der Waals surface area contributed by atoms with Gasteiger partial charge in [-0.1, -0.05) is 12.7 Å². The van der Waals surface area contributed by atoms with Crippen molar-refractivity contribution in [2.75, 3.05) is 0 Å². The number of aromatic amines is 1. The zero-order chi connectivity index (χ0) is 23.4. The van der Waals surface area contributed by atoms with Crippen molar-refractivity contribution >= 4 is 6.08 Å². The molecule has 0 saturated carbocycles. The Labute approximate surface area is 177 Å². The van der Waals surface area contributed by atoms with E-state index in [1.165, 1.54) is 24.3 Å².